The molecule has 2 bridgehead atoms. The molecule has 6 rings (SSSR count). The van der Waals surface area contributed by atoms with Crippen LogP contribution in [-0.4, -0.2) is 40.1 Å². The van der Waals surface area contributed by atoms with Crippen molar-refractivity contribution in [3.8, 4) is 5.88 Å². The summed E-state index contributed by atoms with van der Waals surface area (Å²) in [6.07, 6.45) is 11.4. The Bertz CT molecular complexity index is 781. The number of rotatable bonds is 2. The van der Waals surface area contributed by atoms with Gasteiger partial charge in [0.2, 0.25) is 5.88 Å². The third kappa shape index (κ3) is 2.33. The molecule has 1 atom stereocenters. The molecule has 2 aromatic heterocycles. The van der Waals surface area contributed by atoms with Gasteiger partial charge in [0.25, 0.3) is 0 Å². The highest BCUT2D eigenvalue weighted by atomic mass is 16.5. The molecule has 4 aliphatic heterocycles. The Morgan fingerprint density at radius 1 is 1.17 bits per heavy atom. The molecular formula is C20H21N3O. The van der Waals surface area contributed by atoms with Crippen molar-refractivity contribution in [3.05, 3.63) is 53.5 Å². The van der Waals surface area contributed by atoms with Crippen molar-refractivity contribution < 1.29 is 4.74 Å². The fraction of sp³-hybridized carbons (Fsp3) is 0.400. The topological polar surface area (TPSA) is 38.2 Å². The summed E-state index contributed by atoms with van der Waals surface area (Å²) in [5.74, 6) is 1.53. The lowest BCUT2D eigenvalue weighted by Crippen LogP contribution is -2.61. The van der Waals surface area contributed by atoms with Gasteiger partial charge in [-0.3, -0.25) is 9.88 Å². The molecule has 4 aliphatic rings. The Morgan fingerprint density at radius 2 is 2.08 bits per heavy atom. The van der Waals surface area contributed by atoms with Crippen molar-refractivity contribution in [2.24, 2.45) is 5.92 Å². The largest absolute Gasteiger partial charge is 0.469 e. The van der Waals surface area contributed by atoms with E-state index in [1.165, 1.54) is 31.5 Å². The van der Waals surface area contributed by atoms with Crippen molar-refractivity contribution in [1.82, 2.24) is 14.9 Å². The van der Waals surface area contributed by atoms with Gasteiger partial charge in [-0.1, -0.05) is 12.1 Å². The maximum atomic E-state index is 6.40. The zero-order chi connectivity index (χ0) is 16.0. The molecule has 0 aromatic carbocycles. The summed E-state index contributed by atoms with van der Waals surface area (Å²) in [5.41, 5.74) is 3.31. The lowest BCUT2D eigenvalue weighted by Gasteiger charge is -2.50. The first-order valence-electron chi connectivity index (χ1n) is 8.80. The van der Waals surface area contributed by atoms with Gasteiger partial charge in [0, 0.05) is 36.8 Å². The Morgan fingerprint density at radius 3 is 2.83 bits per heavy atom. The molecule has 0 aliphatic carbocycles. The predicted octanol–water partition coefficient (Wildman–Crippen LogP) is 3.05. The second-order valence-electron chi connectivity index (χ2n) is 7.21. The van der Waals surface area contributed by atoms with Crippen LogP contribution in [0.4, 0.5) is 0 Å². The van der Waals surface area contributed by atoms with Crippen molar-refractivity contribution in [2.75, 3.05) is 19.6 Å². The molecule has 1 spiro atoms. The van der Waals surface area contributed by atoms with Gasteiger partial charge in [0.1, 0.15) is 5.60 Å². The van der Waals surface area contributed by atoms with Crippen LogP contribution in [0.25, 0.3) is 12.2 Å². The molecule has 2 aromatic rings. The lowest BCUT2D eigenvalue weighted by molar-refractivity contribution is -0.0814. The molecule has 6 heterocycles. The van der Waals surface area contributed by atoms with E-state index in [9.17, 15) is 0 Å². The van der Waals surface area contributed by atoms with Crippen molar-refractivity contribution in [1.29, 1.82) is 0 Å². The van der Waals surface area contributed by atoms with Gasteiger partial charge < -0.3 is 4.74 Å². The summed E-state index contributed by atoms with van der Waals surface area (Å²) in [7, 11) is 0. The van der Waals surface area contributed by atoms with E-state index in [1.807, 2.05) is 36.7 Å². The highest BCUT2D eigenvalue weighted by Crippen LogP contribution is 2.46. The summed E-state index contributed by atoms with van der Waals surface area (Å²) >= 11 is 0. The van der Waals surface area contributed by atoms with Crippen LogP contribution in [0.5, 0.6) is 5.88 Å². The average molecular weight is 319 g/mol. The number of pyridine rings is 2. The Kier molecular flexibility index (Phi) is 3.20. The first-order valence-corrected chi connectivity index (χ1v) is 8.80. The normalized spacial score (nSPS) is 30.7. The van der Waals surface area contributed by atoms with Crippen LogP contribution in [0.15, 0.2) is 36.7 Å². The Labute approximate surface area is 142 Å². The van der Waals surface area contributed by atoms with Crippen LogP contribution in [-0.2, 0) is 6.42 Å². The number of fused-ring (bicyclic) bond motifs is 3. The number of hydrogen-bond acceptors (Lipinski definition) is 4. The van der Waals surface area contributed by atoms with Gasteiger partial charge in [0.15, 0.2) is 0 Å². The van der Waals surface area contributed by atoms with Gasteiger partial charge in [-0.25, -0.2) is 4.98 Å². The quantitative estimate of drug-likeness (QED) is 0.853. The molecule has 24 heavy (non-hydrogen) atoms. The van der Waals surface area contributed by atoms with Crippen LogP contribution < -0.4 is 4.74 Å². The average Bonchev–Trinajstić information content (AvgIpc) is 2.98. The monoisotopic (exact) mass is 319 g/mol. The van der Waals surface area contributed by atoms with Gasteiger partial charge in [-0.15, -0.1) is 0 Å². The fourth-order valence-corrected chi connectivity index (χ4v) is 4.47. The van der Waals surface area contributed by atoms with Gasteiger partial charge >= 0.3 is 0 Å². The fourth-order valence-electron chi connectivity index (χ4n) is 4.47. The molecule has 122 valence electrons. The van der Waals surface area contributed by atoms with Gasteiger partial charge in [-0.2, -0.15) is 0 Å². The van der Waals surface area contributed by atoms with E-state index in [0.717, 1.165) is 30.1 Å². The minimum atomic E-state index is -0.0187. The molecule has 3 saturated heterocycles. The van der Waals surface area contributed by atoms with E-state index < -0.39 is 0 Å². The highest BCUT2D eigenvalue weighted by molar-refractivity contribution is 5.68. The zero-order valence-electron chi connectivity index (χ0n) is 13.7. The minimum absolute atomic E-state index is 0.0187. The maximum Gasteiger partial charge on any atom is 0.217 e. The maximum absolute atomic E-state index is 6.40. The first kappa shape index (κ1) is 14.2. The molecule has 0 amide bonds. The Hall–Kier alpha value is -2.20. The van der Waals surface area contributed by atoms with E-state index in [4.69, 9.17) is 4.74 Å². The number of nitrogens with zero attached hydrogens (tertiary/aromatic N) is 3. The lowest BCUT2D eigenvalue weighted by atomic mass is 9.73. The zero-order valence-corrected chi connectivity index (χ0v) is 13.7. The highest BCUT2D eigenvalue weighted by Gasteiger charge is 2.52. The van der Waals surface area contributed by atoms with E-state index in [-0.39, 0.29) is 5.60 Å². The third-order valence-corrected chi connectivity index (χ3v) is 5.69. The number of piperidine rings is 3. The van der Waals surface area contributed by atoms with Crippen LogP contribution >= 0.6 is 0 Å². The molecule has 0 radical (unpaired) electrons. The van der Waals surface area contributed by atoms with E-state index in [0.29, 0.717) is 5.92 Å². The molecule has 3 fully saturated rings. The van der Waals surface area contributed by atoms with Crippen molar-refractivity contribution in [2.45, 2.75) is 24.9 Å². The molecule has 0 N–H and O–H groups in total. The molecule has 0 saturated carbocycles. The summed E-state index contributed by atoms with van der Waals surface area (Å²) in [6.45, 7) is 3.53. The third-order valence-electron chi connectivity index (χ3n) is 5.69. The first-order chi connectivity index (χ1) is 11.8. The van der Waals surface area contributed by atoms with Crippen molar-refractivity contribution >= 4 is 12.2 Å². The van der Waals surface area contributed by atoms with Crippen LogP contribution in [0.3, 0.4) is 0 Å². The second kappa shape index (κ2) is 5.42. The Balaban J connectivity index is 1.39. The van der Waals surface area contributed by atoms with Gasteiger partial charge in [-0.05, 0) is 55.8 Å². The minimum Gasteiger partial charge on any atom is -0.469 e. The van der Waals surface area contributed by atoms with Gasteiger partial charge in [0.05, 0.1) is 5.69 Å². The van der Waals surface area contributed by atoms with E-state index in [1.54, 1.807) is 0 Å². The SMILES string of the molecule is C(=C\c1ccccn1)/c1cnc2c(c1)C[C@@]1(CN3CCC1CC3)O2. The second-order valence-corrected chi connectivity index (χ2v) is 7.21. The van der Waals surface area contributed by atoms with E-state index >= 15 is 0 Å². The molecule has 4 heteroatoms. The molecular weight excluding hydrogens is 298 g/mol. The van der Waals surface area contributed by atoms with Crippen LogP contribution in [0.1, 0.15) is 29.7 Å². The summed E-state index contributed by atoms with van der Waals surface area (Å²) in [6, 6.07) is 8.16. The van der Waals surface area contributed by atoms with E-state index in [2.05, 4.69) is 27.0 Å². The smallest absolute Gasteiger partial charge is 0.217 e. The standard InChI is InChI=1S/C20H21N3O/c1-2-8-21-18(3-1)5-4-15-11-16-12-20(24-19(16)22-13-15)14-23-9-6-17(20)7-10-23/h1-5,8,11,13,17H,6-7,9-10,12,14H2/b5-4+/t20-/m0/s1. The van der Waals surface area contributed by atoms with Crippen LogP contribution in [0, 0.1) is 5.92 Å². The summed E-state index contributed by atoms with van der Waals surface area (Å²) in [4.78, 5) is 11.5. The number of aromatic nitrogens is 2. The number of ether oxygens (including phenoxy) is 1. The summed E-state index contributed by atoms with van der Waals surface area (Å²) < 4.78 is 6.40. The van der Waals surface area contributed by atoms with Crippen LogP contribution in [0.2, 0.25) is 0 Å². The molecule has 0 unspecified atom stereocenters. The van der Waals surface area contributed by atoms with Crippen molar-refractivity contribution in [3.63, 3.8) is 0 Å². The molecule has 4 nitrogen and oxygen atoms in total. The number of hydrogen-bond donors (Lipinski definition) is 0. The summed E-state index contributed by atoms with van der Waals surface area (Å²) in [5, 5.41) is 0. The predicted molar refractivity (Wildman–Crippen MR) is 93.6 cm³/mol.